The summed E-state index contributed by atoms with van der Waals surface area (Å²) in [5, 5.41) is -0.300. The lowest BCUT2D eigenvalue weighted by Crippen LogP contribution is -2.29. The Morgan fingerprint density at radius 2 is 1.80 bits per heavy atom. The van der Waals surface area contributed by atoms with Crippen molar-refractivity contribution in [1.29, 1.82) is 0 Å². The number of allylic oxidation sites excluding steroid dienone is 1. The standard InChI is InChI=1S/C17H24O2S/c1-20(18,19)17(16-12-6-3-7-13-16)14-8-11-15-9-4-2-5-10-15/h2,4-5,8-10,14,16-17H,3,6-7,11-13H2,1H3/b14-8+/t17-/m1/s1. The highest BCUT2D eigenvalue weighted by molar-refractivity contribution is 7.91. The van der Waals surface area contributed by atoms with Crippen molar-refractivity contribution >= 4 is 9.84 Å². The van der Waals surface area contributed by atoms with E-state index in [0.29, 0.717) is 5.92 Å². The van der Waals surface area contributed by atoms with Crippen LogP contribution < -0.4 is 0 Å². The fraction of sp³-hybridized carbons (Fsp3) is 0.529. The molecule has 2 rings (SSSR count). The lowest BCUT2D eigenvalue weighted by atomic mass is 9.86. The van der Waals surface area contributed by atoms with Crippen molar-refractivity contribution in [2.45, 2.75) is 43.8 Å². The zero-order chi connectivity index (χ0) is 14.4. The molecular weight excluding hydrogens is 268 g/mol. The predicted octanol–water partition coefficient (Wildman–Crippen LogP) is 3.78. The molecule has 0 N–H and O–H groups in total. The highest BCUT2D eigenvalue weighted by atomic mass is 32.2. The number of benzene rings is 1. The Bertz CT molecular complexity index is 525. The van der Waals surface area contributed by atoms with E-state index in [1.807, 2.05) is 30.4 Å². The van der Waals surface area contributed by atoms with Crippen LogP contribution in [0.3, 0.4) is 0 Å². The van der Waals surface area contributed by atoms with Crippen molar-refractivity contribution in [3.8, 4) is 0 Å². The van der Waals surface area contributed by atoms with E-state index in [0.717, 1.165) is 19.3 Å². The van der Waals surface area contributed by atoms with Gasteiger partial charge in [0.1, 0.15) is 0 Å². The summed E-state index contributed by atoms with van der Waals surface area (Å²) in [6, 6.07) is 10.2. The summed E-state index contributed by atoms with van der Waals surface area (Å²) in [7, 11) is -3.01. The maximum Gasteiger partial charge on any atom is 0.154 e. The van der Waals surface area contributed by atoms with Gasteiger partial charge in [-0.2, -0.15) is 0 Å². The van der Waals surface area contributed by atoms with E-state index >= 15 is 0 Å². The lowest BCUT2D eigenvalue weighted by Gasteiger charge is -2.27. The molecule has 3 heteroatoms. The quantitative estimate of drug-likeness (QED) is 0.774. The van der Waals surface area contributed by atoms with Gasteiger partial charge in [-0.25, -0.2) is 8.42 Å². The molecular formula is C17H24O2S. The monoisotopic (exact) mass is 292 g/mol. The lowest BCUT2D eigenvalue weighted by molar-refractivity contribution is 0.360. The molecule has 1 aliphatic rings. The summed E-state index contributed by atoms with van der Waals surface area (Å²) >= 11 is 0. The summed E-state index contributed by atoms with van der Waals surface area (Å²) < 4.78 is 24.0. The predicted molar refractivity (Wildman–Crippen MR) is 84.5 cm³/mol. The van der Waals surface area contributed by atoms with Crippen LogP contribution in [0.2, 0.25) is 0 Å². The van der Waals surface area contributed by atoms with Gasteiger partial charge in [0.15, 0.2) is 9.84 Å². The SMILES string of the molecule is CS(=O)(=O)[C@H](/C=C/Cc1ccccc1)C1CCCCC1. The normalized spacial score (nSPS) is 19.2. The van der Waals surface area contributed by atoms with Crippen molar-refractivity contribution in [3.05, 3.63) is 48.0 Å². The van der Waals surface area contributed by atoms with Gasteiger partial charge in [0.05, 0.1) is 5.25 Å². The van der Waals surface area contributed by atoms with Crippen LogP contribution in [0.1, 0.15) is 37.7 Å². The molecule has 0 heterocycles. The van der Waals surface area contributed by atoms with Crippen LogP contribution in [0.4, 0.5) is 0 Å². The number of hydrogen-bond acceptors (Lipinski definition) is 2. The van der Waals surface area contributed by atoms with E-state index < -0.39 is 9.84 Å². The summed E-state index contributed by atoms with van der Waals surface area (Å²) in [5.74, 6) is 0.311. The molecule has 1 saturated carbocycles. The van der Waals surface area contributed by atoms with Gasteiger partial charge in [0.25, 0.3) is 0 Å². The molecule has 110 valence electrons. The van der Waals surface area contributed by atoms with Crippen LogP contribution in [0.5, 0.6) is 0 Å². The van der Waals surface area contributed by atoms with E-state index in [2.05, 4.69) is 12.1 Å². The first-order valence-corrected chi connectivity index (χ1v) is 9.42. The summed E-state index contributed by atoms with van der Waals surface area (Å²) in [4.78, 5) is 0. The van der Waals surface area contributed by atoms with Gasteiger partial charge < -0.3 is 0 Å². The molecule has 1 fully saturated rings. The van der Waals surface area contributed by atoms with Gasteiger partial charge in [-0.1, -0.05) is 61.7 Å². The largest absolute Gasteiger partial charge is 0.229 e. The van der Waals surface area contributed by atoms with Crippen molar-refractivity contribution < 1.29 is 8.42 Å². The maximum atomic E-state index is 12.0. The first-order valence-electron chi connectivity index (χ1n) is 7.47. The zero-order valence-electron chi connectivity index (χ0n) is 12.2. The van der Waals surface area contributed by atoms with E-state index in [-0.39, 0.29) is 5.25 Å². The minimum absolute atomic E-state index is 0.300. The molecule has 0 unspecified atom stereocenters. The average Bonchev–Trinajstić information content (AvgIpc) is 2.44. The smallest absolute Gasteiger partial charge is 0.154 e. The fourth-order valence-corrected chi connectivity index (χ4v) is 4.43. The Morgan fingerprint density at radius 3 is 2.40 bits per heavy atom. The zero-order valence-corrected chi connectivity index (χ0v) is 13.0. The average molecular weight is 292 g/mol. The Morgan fingerprint density at radius 1 is 1.15 bits per heavy atom. The molecule has 0 spiro atoms. The third-order valence-electron chi connectivity index (χ3n) is 4.13. The van der Waals surface area contributed by atoms with Crippen LogP contribution in [-0.2, 0) is 16.3 Å². The molecule has 0 aliphatic heterocycles. The Hall–Kier alpha value is -1.09. The second kappa shape index (κ2) is 7.07. The highest BCUT2D eigenvalue weighted by Gasteiger charge is 2.28. The van der Waals surface area contributed by atoms with Gasteiger partial charge in [-0.05, 0) is 30.7 Å². The summed E-state index contributed by atoms with van der Waals surface area (Å²) in [6.07, 6.45) is 11.8. The molecule has 1 atom stereocenters. The topological polar surface area (TPSA) is 34.1 Å². The van der Waals surface area contributed by atoms with Crippen LogP contribution >= 0.6 is 0 Å². The van der Waals surface area contributed by atoms with Crippen molar-refractivity contribution in [3.63, 3.8) is 0 Å². The van der Waals surface area contributed by atoms with Crippen LogP contribution in [0.15, 0.2) is 42.5 Å². The van der Waals surface area contributed by atoms with E-state index in [4.69, 9.17) is 0 Å². The van der Waals surface area contributed by atoms with Gasteiger partial charge in [-0.15, -0.1) is 0 Å². The summed E-state index contributed by atoms with van der Waals surface area (Å²) in [6.45, 7) is 0. The molecule has 1 aromatic rings. The minimum atomic E-state index is -3.01. The fourth-order valence-electron chi connectivity index (χ4n) is 3.06. The van der Waals surface area contributed by atoms with E-state index in [9.17, 15) is 8.42 Å². The second-order valence-corrected chi connectivity index (χ2v) is 8.01. The molecule has 0 radical (unpaired) electrons. The first-order chi connectivity index (χ1) is 9.57. The molecule has 1 aromatic carbocycles. The van der Waals surface area contributed by atoms with E-state index in [1.165, 1.54) is 31.1 Å². The molecule has 20 heavy (non-hydrogen) atoms. The van der Waals surface area contributed by atoms with Gasteiger partial charge in [0, 0.05) is 6.26 Å². The Labute approximate surface area is 122 Å². The summed E-state index contributed by atoms with van der Waals surface area (Å²) in [5.41, 5.74) is 1.22. The van der Waals surface area contributed by atoms with Crippen molar-refractivity contribution in [2.24, 2.45) is 5.92 Å². The number of sulfone groups is 1. The third kappa shape index (κ3) is 4.48. The van der Waals surface area contributed by atoms with Crippen LogP contribution in [-0.4, -0.2) is 19.9 Å². The molecule has 0 bridgehead atoms. The van der Waals surface area contributed by atoms with E-state index in [1.54, 1.807) is 0 Å². The molecule has 0 saturated heterocycles. The third-order valence-corrected chi connectivity index (χ3v) is 5.66. The number of hydrogen-bond donors (Lipinski definition) is 0. The van der Waals surface area contributed by atoms with Gasteiger partial charge >= 0.3 is 0 Å². The number of rotatable bonds is 5. The Kier molecular flexibility index (Phi) is 5.41. The molecule has 1 aliphatic carbocycles. The van der Waals surface area contributed by atoms with Crippen LogP contribution in [0.25, 0.3) is 0 Å². The molecule has 0 aromatic heterocycles. The molecule has 2 nitrogen and oxygen atoms in total. The highest BCUT2D eigenvalue weighted by Crippen LogP contribution is 2.30. The van der Waals surface area contributed by atoms with Crippen molar-refractivity contribution in [1.82, 2.24) is 0 Å². The van der Waals surface area contributed by atoms with Crippen molar-refractivity contribution in [2.75, 3.05) is 6.26 Å². The maximum absolute atomic E-state index is 12.0. The van der Waals surface area contributed by atoms with Gasteiger partial charge in [-0.3, -0.25) is 0 Å². The molecule has 0 amide bonds. The minimum Gasteiger partial charge on any atom is -0.229 e. The Balaban J connectivity index is 2.04. The second-order valence-electron chi connectivity index (χ2n) is 5.81. The van der Waals surface area contributed by atoms with Gasteiger partial charge in [0.2, 0.25) is 0 Å². The first kappa shape index (κ1) is 15.3. The van der Waals surface area contributed by atoms with Crippen LogP contribution in [0, 0.1) is 5.92 Å².